The molecule has 0 radical (unpaired) electrons. The van der Waals surface area contributed by atoms with Gasteiger partial charge in [0.25, 0.3) is 0 Å². The Morgan fingerprint density at radius 2 is 1.97 bits per heavy atom. The molecule has 0 atom stereocenters. The van der Waals surface area contributed by atoms with Crippen LogP contribution in [0.4, 0.5) is 4.39 Å². The second-order valence-corrected chi connectivity index (χ2v) is 8.64. The molecule has 1 fully saturated rings. The molecule has 8 heteroatoms. The fraction of sp³-hybridized carbons (Fsp3) is 0.375. The number of benzene rings is 2. The van der Waals surface area contributed by atoms with Gasteiger partial charge >= 0.3 is 0 Å². The Balaban J connectivity index is 1.40. The maximum Gasteiger partial charge on any atom is 0.232 e. The van der Waals surface area contributed by atoms with Crippen molar-refractivity contribution in [2.75, 3.05) is 46.1 Å². The number of halogens is 2. The van der Waals surface area contributed by atoms with Crippen LogP contribution < -0.4 is 9.47 Å². The topological polar surface area (TPSA) is 51.2 Å². The summed E-state index contributed by atoms with van der Waals surface area (Å²) in [5.41, 5.74) is 2.25. The maximum atomic E-state index is 14.3. The lowest BCUT2D eigenvalue weighted by atomic mass is 9.98. The summed E-state index contributed by atoms with van der Waals surface area (Å²) in [5.74, 6) is 0.509. The average molecular weight is 459 g/mol. The Morgan fingerprint density at radius 3 is 2.75 bits per heavy atom. The standard InChI is InChI=1S/C24H24ClFN2O4/c1-15-11-20-17(13-28(14-31-20)6-5-27-7-9-30-10-8-27)24-22(15)23(29)21(32-24)12-16-18(25)3-2-4-19(16)26/h2-4,11-12H,5-10,13-14H2,1H3/b21-12-. The molecule has 2 aromatic carbocycles. The van der Waals surface area contributed by atoms with Crippen molar-refractivity contribution in [2.24, 2.45) is 0 Å². The molecule has 0 N–H and O–H groups in total. The van der Waals surface area contributed by atoms with Gasteiger partial charge in [-0.05, 0) is 36.8 Å². The SMILES string of the molecule is Cc1cc2c(c3c1C(=O)/C(=C/c1c(F)cccc1Cl)O3)CN(CCN1CCOCC1)CO2. The first-order valence-corrected chi connectivity index (χ1v) is 11.1. The van der Waals surface area contributed by atoms with Crippen molar-refractivity contribution >= 4 is 23.5 Å². The van der Waals surface area contributed by atoms with Gasteiger partial charge in [0, 0.05) is 38.3 Å². The molecular weight excluding hydrogens is 435 g/mol. The lowest BCUT2D eigenvalue weighted by Gasteiger charge is -2.33. The molecule has 6 nitrogen and oxygen atoms in total. The number of carbonyl (C=O) groups is 1. The number of rotatable bonds is 4. The first-order valence-electron chi connectivity index (χ1n) is 10.7. The van der Waals surface area contributed by atoms with Gasteiger partial charge in [0.1, 0.15) is 24.0 Å². The lowest BCUT2D eigenvalue weighted by molar-refractivity contribution is 0.0239. The number of morpholine rings is 1. The minimum absolute atomic E-state index is 0.0638. The van der Waals surface area contributed by atoms with E-state index in [-0.39, 0.29) is 22.1 Å². The Morgan fingerprint density at radius 1 is 1.19 bits per heavy atom. The summed E-state index contributed by atoms with van der Waals surface area (Å²) in [6.07, 6.45) is 1.38. The molecule has 0 saturated carbocycles. The second-order valence-electron chi connectivity index (χ2n) is 8.23. The van der Waals surface area contributed by atoms with Crippen molar-refractivity contribution < 1.29 is 23.4 Å². The van der Waals surface area contributed by atoms with E-state index in [1.165, 1.54) is 18.2 Å². The van der Waals surface area contributed by atoms with Gasteiger partial charge in [-0.2, -0.15) is 0 Å². The Labute approximate surface area is 191 Å². The van der Waals surface area contributed by atoms with Crippen molar-refractivity contribution in [3.8, 4) is 11.5 Å². The van der Waals surface area contributed by atoms with E-state index in [4.69, 9.17) is 25.8 Å². The zero-order valence-corrected chi connectivity index (χ0v) is 18.6. The van der Waals surface area contributed by atoms with E-state index in [9.17, 15) is 9.18 Å². The second kappa shape index (κ2) is 8.83. The van der Waals surface area contributed by atoms with Gasteiger partial charge in [-0.3, -0.25) is 14.6 Å². The number of allylic oxidation sites excluding steroid dienone is 1. The number of hydrogen-bond acceptors (Lipinski definition) is 6. The number of aryl methyl sites for hydroxylation is 1. The highest BCUT2D eigenvalue weighted by Crippen LogP contribution is 2.44. The first kappa shape index (κ1) is 21.4. The summed E-state index contributed by atoms with van der Waals surface area (Å²) in [6, 6.07) is 6.29. The third-order valence-electron chi connectivity index (χ3n) is 6.10. The van der Waals surface area contributed by atoms with E-state index in [1.807, 2.05) is 13.0 Å². The van der Waals surface area contributed by atoms with Gasteiger partial charge in [-0.15, -0.1) is 0 Å². The highest BCUT2D eigenvalue weighted by Gasteiger charge is 2.35. The summed E-state index contributed by atoms with van der Waals surface area (Å²) in [6.45, 7) is 8.12. The summed E-state index contributed by atoms with van der Waals surface area (Å²) in [5, 5.41) is 0.223. The fourth-order valence-electron chi connectivity index (χ4n) is 4.31. The van der Waals surface area contributed by atoms with Gasteiger partial charge in [-0.25, -0.2) is 4.39 Å². The van der Waals surface area contributed by atoms with Crippen LogP contribution in [0.1, 0.15) is 27.0 Å². The summed E-state index contributed by atoms with van der Waals surface area (Å²) in [4.78, 5) is 17.7. The van der Waals surface area contributed by atoms with Crippen molar-refractivity contribution in [1.82, 2.24) is 9.80 Å². The molecule has 5 rings (SSSR count). The summed E-state index contributed by atoms with van der Waals surface area (Å²) < 4.78 is 31.7. The van der Waals surface area contributed by atoms with E-state index in [1.54, 1.807) is 6.07 Å². The highest BCUT2D eigenvalue weighted by atomic mass is 35.5. The minimum atomic E-state index is -0.506. The average Bonchev–Trinajstić information content (AvgIpc) is 3.13. The molecule has 0 aromatic heterocycles. The molecule has 3 heterocycles. The molecule has 0 unspecified atom stereocenters. The number of nitrogens with zero attached hydrogens (tertiary/aromatic N) is 2. The number of hydrogen-bond donors (Lipinski definition) is 0. The lowest BCUT2D eigenvalue weighted by Crippen LogP contribution is -2.43. The van der Waals surface area contributed by atoms with E-state index in [0.29, 0.717) is 24.6 Å². The third-order valence-corrected chi connectivity index (χ3v) is 6.43. The van der Waals surface area contributed by atoms with Crippen LogP contribution in [0.5, 0.6) is 11.5 Å². The van der Waals surface area contributed by atoms with Crippen LogP contribution in [-0.4, -0.2) is 61.7 Å². The molecule has 0 spiro atoms. The van der Waals surface area contributed by atoms with Crippen molar-refractivity contribution in [1.29, 1.82) is 0 Å². The van der Waals surface area contributed by atoms with Crippen LogP contribution in [0.3, 0.4) is 0 Å². The predicted molar refractivity (Wildman–Crippen MR) is 119 cm³/mol. The van der Waals surface area contributed by atoms with Gasteiger partial charge in [0.05, 0.1) is 29.4 Å². The van der Waals surface area contributed by atoms with E-state index in [2.05, 4.69) is 9.80 Å². The van der Waals surface area contributed by atoms with Crippen LogP contribution in [0.2, 0.25) is 5.02 Å². The molecule has 3 aliphatic heterocycles. The Kier molecular flexibility index (Phi) is 5.90. The molecule has 168 valence electrons. The van der Waals surface area contributed by atoms with Crippen LogP contribution in [0.25, 0.3) is 6.08 Å². The Bertz CT molecular complexity index is 1080. The molecule has 0 bridgehead atoms. The summed E-state index contributed by atoms with van der Waals surface area (Å²) in [7, 11) is 0. The third kappa shape index (κ3) is 4.01. The molecule has 2 aromatic rings. The van der Waals surface area contributed by atoms with Crippen LogP contribution in [0, 0.1) is 12.7 Å². The number of fused-ring (bicyclic) bond motifs is 3. The zero-order valence-electron chi connectivity index (χ0n) is 17.8. The van der Waals surface area contributed by atoms with Crippen molar-refractivity contribution in [3.63, 3.8) is 0 Å². The number of ether oxygens (including phenoxy) is 3. The van der Waals surface area contributed by atoms with Crippen LogP contribution in [0.15, 0.2) is 30.0 Å². The molecule has 3 aliphatic rings. The molecule has 0 aliphatic carbocycles. The van der Waals surface area contributed by atoms with Gasteiger partial charge in [0.2, 0.25) is 5.78 Å². The molecule has 0 amide bonds. The monoisotopic (exact) mass is 458 g/mol. The normalized spacial score (nSPS) is 20.1. The number of ketones is 1. The molecular formula is C24H24ClFN2O4. The van der Waals surface area contributed by atoms with Crippen molar-refractivity contribution in [2.45, 2.75) is 13.5 Å². The predicted octanol–water partition coefficient (Wildman–Crippen LogP) is 3.89. The Hall–Kier alpha value is -2.45. The smallest absolute Gasteiger partial charge is 0.232 e. The summed E-state index contributed by atoms with van der Waals surface area (Å²) >= 11 is 6.14. The molecule has 1 saturated heterocycles. The zero-order chi connectivity index (χ0) is 22.2. The van der Waals surface area contributed by atoms with Gasteiger partial charge in [0.15, 0.2) is 5.76 Å². The fourth-order valence-corrected chi connectivity index (χ4v) is 4.52. The van der Waals surface area contributed by atoms with Crippen molar-refractivity contribution in [3.05, 3.63) is 63.1 Å². The number of carbonyl (C=O) groups excluding carboxylic acids is 1. The van der Waals surface area contributed by atoms with E-state index >= 15 is 0 Å². The quantitative estimate of drug-likeness (QED) is 0.648. The highest BCUT2D eigenvalue weighted by molar-refractivity contribution is 6.32. The first-order chi connectivity index (χ1) is 15.5. The van der Waals surface area contributed by atoms with Gasteiger partial charge < -0.3 is 14.2 Å². The van der Waals surface area contributed by atoms with E-state index < -0.39 is 5.82 Å². The molecule has 32 heavy (non-hydrogen) atoms. The van der Waals surface area contributed by atoms with Crippen LogP contribution in [-0.2, 0) is 11.3 Å². The maximum absolute atomic E-state index is 14.3. The largest absolute Gasteiger partial charge is 0.478 e. The van der Waals surface area contributed by atoms with Gasteiger partial charge in [-0.1, -0.05) is 17.7 Å². The number of Topliss-reactive ketones (excluding diaryl/α,β-unsaturated/α-hetero) is 1. The minimum Gasteiger partial charge on any atom is -0.478 e. The van der Waals surface area contributed by atoms with Crippen LogP contribution >= 0.6 is 11.6 Å². The van der Waals surface area contributed by atoms with E-state index in [0.717, 1.165) is 56.3 Å².